The van der Waals surface area contributed by atoms with Gasteiger partial charge in [0.1, 0.15) is 5.69 Å². The van der Waals surface area contributed by atoms with Gasteiger partial charge in [-0.2, -0.15) is 0 Å². The number of nitro groups is 1. The molecule has 4 aromatic rings. The molecule has 0 N–H and O–H groups in total. The summed E-state index contributed by atoms with van der Waals surface area (Å²) in [5.41, 5.74) is 2.67. The molecule has 5 rings (SSSR count). The van der Waals surface area contributed by atoms with Crippen LogP contribution in [0.4, 0.5) is 17.1 Å². The fourth-order valence-corrected chi connectivity index (χ4v) is 4.35. The summed E-state index contributed by atoms with van der Waals surface area (Å²) in [6.45, 7) is 0.622. The van der Waals surface area contributed by atoms with Gasteiger partial charge < -0.3 is 4.90 Å². The third-order valence-corrected chi connectivity index (χ3v) is 5.61. The maximum absolute atomic E-state index is 13.5. The molecule has 2 heterocycles. The average Bonchev–Trinajstić information content (AvgIpc) is 2.78. The van der Waals surface area contributed by atoms with Crippen LogP contribution in [0.5, 0.6) is 0 Å². The van der Waals surface area contributed by atoms with E-state index in [1.54, 1.807) is 12.1 Å². The maximum atomic E-state index is 13.5. The molecule has 0 fully saturated rings. The molecule has 0 saturated carbocycles. The molecule has 3 aromatic carbocycles. The first kappa shape index (κ1) is 18.1. The zero-order valence-electron chi connectivity index (χ0n) is 16.2. The van der Waals surface area contributed by atoms with Crippen molar-refractivity contribution < 1.29 is 4.92 Å². The summed E-state index contributed by atoms with van der Waals surface area (Å²) in [5, 5.41) is 12.9. The van der Waals surface area contributed by atoms with Crippen LogP contribution in [0, 0.1) is 10.1 Å². The van der Waals surface area contributed by atoms with Crippen LogP contribution >= 0.6 is 0 Å². The van der Waals surface area contributed by atoms with Crippen molar-refractivity contribution in [2.75, 3.05) is 11.4 Å². The number of benzene rings is 3. The van der Waals surface area contributed by atoms with Crippen LogP contribution in [0.15, 0.2) is 83.7 Å². The summed E-state index contributed by atoms with van der Waals surface area (Å²) in [6, 6.07) is 24.4. The van der Waals surface area contributed by atoms with Crippen LogP contribution in [-0.4, -0.2) is 16.0 Å². The minimum absolute atomic E-state index is 0.375. The second-order valence-corrected chi connectivity index (χ2v) is 7.33. The molecule has 0 radical (unpaired) electrons. The van der Waals surface area contributed by atoms with Crippen LogP contribution < -0.4 is 10.5 Å². The molecule has 0 spiro atoms. The van der Waals surface area contributed by atoms with E-state index in [1.807, 2.05) is 71.6 Å². The second-order valence-electron chi connectivity index (χ2n) is 7.33. The smallest absolute Gasteiger partial charge is 0.335 e. The Morgan fingerprint density at radius 3 is 2.37 bits per heavy atom. The quantitative estimate of drug-likeness (QED) is 0.361. The number of para-hydroxylation sites is 3. The van der Waals surface area contributed by atoms with Gasteiger partial charge in [-0.15, -0.1) is 0 Å². The average molecular weight is 397 g/mol. The Labute approximate surface area is 172 Å². The Morgan fingerprint density at radius 2 is 1.57 bits per heavy atom. The van der Waals surface area contributed by atoms with Crippen molar-refractivity contribution in [1.82, 2.24) is 4.57 Å². The predicted octanol–water partition coefficient (Wildman–Crippen LogP) is 4.98. The zero-order chi connectivity index (χ0) is 20.7. The van der Waals surface area contributed by atoms with E-state index < -0.39 is 16.2 Å². The van der Waals surface area contributed by atoms with Crippen molar-refractivity contribution in [3.8, 4) is 5.69 Å². The van der Waals surface area contributed by atoms with Crippen molar-refractivity contribution in [2.24, 2.45) is 0 Å². The number of fused-ring (bicyclic) bond motifs is 2. The Morgan fingerprint density at radius 1 is 0.867 bits per heavy atom. The minimum Gasteiger partial charge on any atom is -0.335 e. The van der Waals surface area contributed by atoms with Crippen molar-refractivity contribution in [3.63, 3.8) is 0 Å². The van der Waals surface area contributed by atoms with Gasteiger partial charge in [-0.1, -0.05) is 54.6 Å². The number of hydrogen-bond acceptors (Lipinski definition) is 4. The summed E-state index contributed by atoms with van der Waals surface area (Å²) in [6.07, 6.45) is 1.78. The molecule has 1 aliphatic rings. The lowest BCUT2D eigenvalue weighted by atomic mass is 9.99. The highest BCUT2D eigenvalue weighted by molar-refractivity contribution is 5.99. The number of aromatic nitrogens is 1. The van der Waals surface area contributed by atoms with E-state index in [4.69, 9.17) is 0 Å². The molecule has 30 heavy (non-hydrogen) atoms. The van der Waals surface area contributed by atoms with Gasteiger partial charge in [-0.25, -0.2) is 0 Å². The highest BCUT2D eigenvalue weighted by Crippen LogP contribution is 2.41. The Balaban J connectivity index is 1.91. The Kier molecular flexibility index (Phi) is 4.32. The van der Waals surface area contributed by atoms with Crippen molar-refractivity contribution in [3.05, 3.63) is 105 Å². The molecule has 1 aliphatic heterocycles. The Bertz CT molecular complexity index is 1330. The predicted molar refractivity (Wildman–Crippen MR) is 118 cm³/mol. The van der Waals surface area contributed by atoms with E-state index in [0.717, 1.165) is 24.1 Å². The fourth-order valence-electron chi connectivity index (χ4n) is 4.35. The largest absolute Gasteiger partial charge is 0.358 e. The van der Waals surface area contributed by atoms with E-state index in [1.165, 1.54) is 4.57 Å². The van der Waals surface area contributed by atoms with Crippen LogP contribution in [0.25, 0.3) is 16.6 Å². The topological polar surface area (TPSA) is 68.4 Å². The molecule has 1 aromatic heterocycles. The molecule has 0 saturated heterocycles. The first-order chi connectivity index (χ1) is 14.7. The summed E-state index contributed by atoms with van der Waals surface area (Å²) >= 11 is 0. The number of aryl methyl sites for hydroxylation is 1. The van der Waals surface area contributed by atoms with Gasteiger partial charge in [0.2, 0.25) is 0 Å². The van der Waals surface area contributed by atoms with Gasteiger partial charge >= 0.3 is 11.2 Å². The molecule has 6 heteroatoms. The lowest BCUT2D eigenvalue weighted by Gasteiger charge is -2.32. The van der Waals surface area contributed by atoms with E-state index in [0.29, 0.717) is 28.8 Å². The molecule has 0 bridgehead atoms. The summed E-state index contributed by atoms with van der Waals surface area (Å²) in [7, 11) is 0. The molecule has 0 aliphatic carbocycles. The van der Waals surface area contributed by atoms with Crippen LogP contribution in [0.3, 0.4) is 0 Å². The van der Waals surface area contributed by atoms with E-state index in [9.17, 15) is 14.9 Å². The first-order valence-electron chi connectivity index (χ1n) is 9.90. The lowest BCUT2D eigenvalue weighted by Crippen LogP contribution is -2.30. The van der Waals surface area contributed by atoms with Crippen molar-refractivity contribution in [1.29, 1.82) is 0 Å². The number of anilines is 2. The molecular formula is C24H19N3O3. The summed E-state index contributed by atoms with van der Waals surface area (Å²) in [4.78, 5) is 27.1. The van der Waals surface area contributed by atoms with Crippen LogP contribution in [0.2, 0.25) is 0 Å². The third-order valence-electron chi connectivity index (χ3n) is 5.61. The third kappa shape index (κ3) is 2.76. The molecule has 148 valence electrons. The highest BCUT2D eigenvalue weighted by atomic mass is 16.6. The second kappa shape index (κ2) is 7.15. The maximum Gasteiger partial charge on any atom is 0.358 e. The monoisotopic (exact) mass is 397 g/mol. The van der Waals surface area contributed by atoms with Crippen LogP contribution in [0.1, 0.15) is 12.0 Å². The molecule has 0 amide bonds. The number of pyridine rings is 1. The normalized spacial score (nSPS) is 13.3. The summed E-state index contributed by atoms with van der Waals surface area (Å²) in [5.74, 6) is 0. The van der Waals surface area contributed by atoms with E-state index in [-0.39, 0.29) is 0 Å². The van der Waals surface area contributed by atoms with E-state index in [2.05, 4.69) is 0 Å². The lowest BCUT2D eigenvalue weighted by molar-refractivity contribution is -0.385. The van der Waals surface area contributed by atoms with Gasteiger partial charge in [0.25, 0.3) is 0 Å². The standard InChI is InChI=1S/C24H19N3O3/c28-24-23(27(29)30)22(25-16-8-10-17-9-4-6-14-20(17)25)19-13-5-7-15-21(19)26(24)18-11-2-1-3-12-18/h1-7,9,11-15H,8,10,16H2. The van der Waals surface area contributed by atoms with Crippen LogP contribution in [-0.2, 0) is 6.42 Å². The van der Waals surface area contributed by atoms with Crippen molar-refractivity contribution in [2.45, 2.75) is 12.8 Å². The number of rotatable bonds is 3. The van der Waals surface area contributed by atoms with Gasteiger partial charge in [-0.05, 0) is 42.7 Å². The minimum atomic E-state index is -0.622. The Hall–Kier alpha value is -3.93. The molecule has 0 atom stereocenters. The number of hydrogen-bond donors (Lipinski definition) is 0. The van der Waals surface area contributed by atoms with Gasteiger partial charge in [0, 0.05) is 23.3 Å². The van der Waals surface area contributed by atoms with Crippen molar-refractivity contribution >= 4 is 28.0 Å². The van der Waals surface area contributed by atoms with E-state index >= 15 is 0 Å². The highest BCUT2D eigenvalue weighted by Gasteiger charge is 2.32. The van der Waals surface area contributed by atoms with Gasteiger partial charge in [0.15, 0.2) is 0 Å². The zero-order valence-corrected chi connectivity index (χ0v) is 16.2. The molecular weight excluding hydrogens is 378 g/mol. The SMILES string of the molecule is O=c1c([N+](=O)[O-])c(N2CCCc3ccccc32)c2ccccc2n1-c1ccccc1. The first-order valence-corrected chi connectivity index (χ1v) is 9.90. The van der Waals surface area contributed by atoms with Gasteiger partial charge in [0.05, 0.1) is 10.4 Å². The fraction of sp³-hybridized carbons (Fsp3) is 0.125. The van der Waals surface area contributed by atoms with Gasteiger partial charge in [-0.3, -0.25) is 19.5 Å². The molecule has 6 nitrogen and oxygen atoms in total. The molecule has 0 unspecified atom stereocenters. The summed E-state index contributed by atoms with van der Waals surface area (Å²) < 4.78 is 1.44. The number of nitrogens with zero attached hydrogens (tertiary/aromatic N) is 3.